The monoisotopic (exact) mass is 479 g/mol. The number of hydrogen-bond donors (Lipinski definition) is 5. The molecular formula is C24H29N7O4. The van der Waals surface area contributed by atoms with Crippen molar-refractivity contribution >= 4 is 34.5 Å². The zero-order valence-corrected chi connectivity index (χ0v) is 19.3. The van der Waals surface area contributed by atoms with E-state index in [4.69, 9.17) is 10.5 Å². The summed E-state index contributed by atoms with van der Waals surface area (Å²) in [5.41, 5.74) is 7.12. The van der Waals surface area contributed by atoms with Crippen LogP contribution in [0, 0.1) is 0 Å². The van der Waals surface area contributed by atoms with Gasteiger partial charge in [0.1, 0.15) is 12.6 Å². The molecule has 2 aromatic carbocycles. The van der Waals surface area contributed by atoms with Gasteiger partial charge in [-0.2, -0.15) is 0 Å². The number of alkyl carbamates (subject to hydrolysis) is 1. The summed E-state index contributed by atoms with van der Waals surface area (Å²) in [6.45, 7) is 3.43. The highest BCUT2D eigenvalue weighted by Gasteiger charge is 2.21. The molecule has 1 aliphatic rings. The van der Waals surface area contributed by atoms with E-state index in [1.807, 2.05) is 35.2 Å². The van der Waals surface area contributed by atoms with Crippen LogP contribution in [0.15, 0.2) is 53.3 Å². The Balaban J connectivity index is 1.41. The summed E-state index contributed by atoms with van der Waals surface area (Å²) < 4.78 is 5.21. The molecule has 4 rings (SSSR count). The van der Waals surface area contributed by atoms with Crippen LogP contribution in [-0.2, 0) is 16.1 Å². The van der Waals surface area contributed by atoms with Crippen LogP contribution in [0.1, 0.15) is 12.0 Å². The van der Waals surface area contributed by atoms with Gasteiger partial charge in [-0.25, -0.2) is 9.78 Å². The van der Waals surface area contributed by atoms with Crippen molar-refractivity contribution in [2.75, 3.05) is 42.9 Å². The van der Waals surface area contributed by atoms with E-state index in [2.05, 4.69) is 25.9 Å². The number of carbonyl (C=O) groups is 2. The second-order valence-corrected chi connectivity index (χ2v) is 8.18. The van der Waals surface area contributed by atoms with E-state index >= 15 is 0 Å². The summed E-state index contributed by atoms with van der Waals surface area (Å²) >= 11 is 0. The number of benzene rings is 2. The zero-order valence-electron chi connectivity index (χ0n) is 19.3. The first kappa shape index (κ1) is 24.2. The first-order chi connectivity index (χ1) is 17.0. The lowest BCUT2D eigenvalue weighted by Gasteiger charge is -2.27. The first-order valence-corrected chi connectivity index (χ1v) is 11.5. The molecule has 0 aliphatic carbocycles. The number of rotatable bonds is 8. The number of aromatic amines is 1. The molecule has 1 atom stereocenters. The molecule has 2 amide bonds. The van der Waals surface area contributed by atoms with Crippen molar-refractivity contribution in [3.63, 3.8) is 0 Å². The Morgan fingerprint density at radius 3 is 2.66 bits per heavy atom. The van der Waals surface area contributed by atoms with Gasteiger partial charge in [-0.05, 0) is 36.7 Å². The fraction of sp³-hybridized carbons (Fsp3) is 0.333. The summed E-state index contributed by atoms with van der Waals surface area (Å²) in [4.78, 5) is 47.2. The quantitative estimate of drug-likeness (QED) is 0.319. The van der Waals surface area contributed by atoms with Crippen molar-refractivity contribution in [2.45, 2.75) is 19.1 Å². The minimum atomic E-state index is -0.898. The number of carbonyl (C=O) groups excluding carboxylic acids is 2. The number of anilines is 2. The fourth-order valence-corrected chi connectivity index (χ4v) is 3.80. The number of piperazine rings is 1. The summed E-state index contributed by atoms with van der Waals surface area (Å²) in [6, 6.07) is 13.2. The average Bonchev–Trinajstić information content (AvgIpc) is 2.88. The SMILES string of the molecule is NCC[C@H](NC(=O)OCc1ccccc1)C(=O)Nc1ccc2nc(N3CCNCC3)[nH]c(=O)c2c1. The predicted molar refractivity (Wildman–Crippen MR) is 133 cm³/mol. The standard InChI is InChI=1S/C24H29N7O4/c25-9-8-20(29-24(34)35-15-16-4-2-1-3-5-16)22(33)27-17-6-7-19-18(14-17)21(32)30-23(28-19)31-12-10-26-11-13-31/h1-7,14,20,26H,8-13,15,25H2,(H,27,33)(H,29,34)(H,28,30,32)/t20-/m0/s1. The third-order valence-corrected chi connectivity index (χ3v) is 5.65. The third-order valence-electron chi connectivity index (χ3n) is 5.65. The van der Waals surface area contributed by atoms with Gasteiger partial charge in [0.2, 0.25) is 11.9 Å². The van der Waals surface area contributed by atoms with Crippen LogP contribution in [0.2, 0.25) is 0 Å². The Hall–Kier alpha value is -3.96. The van der Waals surface area contributed by atoms with Gasteiger partial charge in [0, 0.05) is 31.9 Å². The Kier molecular flexibility index (Phi) is 7.91. The summed E-state index contributed by atoms with van der Waals surface area (Å²) in [5.74, 6) is 0.0651. The van der Waals surface area contributed by atoms with Crippen LogP contribution < -0.4 is 32.1 Å². The molecule has 1 fully saturated rings. The predicted octanol–water partition coefficient (Wildman–Crippen LogP) is 0.915. The number of nitrogens with two attached hydrogens (primary N) is 1. The van der Waals surface area contributed by atoms with Crippen molar-refractivity contribution in [3.05, 3.63) is 64.4 Å². The molecular weight excluding hydrogens is 450 g/mol. The summed E-state index contributed by atoms with van der Waals surface area (Å²) in [7, 11) is 0. The molecule has 2 heterocycles. The van der Waals surface area contributed by atoms with Crippen molar-refractivity contribution in [3.8, 4) is 0 Å². The maximum absolute atomic E-state index is 12.8. The van der Waals surface area contributed by atoms with E-state index in [-0.39, 0.29) is 25.1 Å². The molecule has 0 bridgehead atoms. The van der Waals surface area contributed by atoms with Crippen LogP contribution in [0.5, 0.6) is 0 Å². The number of aromatic nitrogens is 2. The van der Waals surface area contributed by atoms with Crippen molar-refractivity contribution in [1.29, 1.82) is 0 Å². The van der Waals surface area contributed by atoms with Gasteiger partial charge in [-0.3, -0.25) is 14.6 Å². The van der Waals surface area contributed by atoms with Gasteiger partial charge in [0.15, 0.2) is 0 Å². The van der Waals surface area contributed by atoms with Gasteiger partial charge in [-0.15, -0.1) is 0 Å². The number of H-pyrrole nitrogens is 1. The average molecular weight is 480 g/mol. The molecule has 0 unspecified atom stereocenters. The number of ether oxygens (including phenoxy) is 1. The molecule has 3 aromatic rings. The topological polar surface area (TPSA) is 154 Å². The van der Waals surface area contributed by atoms with Gasteiger partial charge < -0.3 is 31.3 Å². The van der Waals surface area contributed by atoms with Crippen molar-refractivity contribution < 1.29 is 14.3 Å². The Bertz CT molecular complexity index is 1230. The molecule has 0 radical (unpaired) electrons. The van der Waals surface area contributed by atoms with E-state index in [0.29, 0.717) is 22.5 Å². The summed E-state index contributed by atoms with van der Waals surface area (Å²) in [5, 5.41) is 8.91. The zero-order chi connectivity index (χ0) is 24.6. The van der Waals surface area contributed by atoms with Crippen molar-refractivity contribution in [1.82, 2.24) is 20.6 Å². The first-order valence-electron chi connectivity index (χ1n) is 11.5. The minimum Gasteiger partial charge on any atom is -0.445 e. The van der Waals surface area contributed by atoms with Gasteiger partial charge in [0.05, 0.1) is 10.9 Å². The van der Waals surface area contributed by atoms with E-state index in [1.165, 1.54) is 0 Å². The molecule has 6 N–H and O–H groups in total. The molecule has 0 saturated carbocycles. The number of hydrogen-bond acceptors (Lipinski definition) is 8. The molecule has 1 aliphatic heterocycles. The highest BCUT2D eigenvalue weighted by atomic mass is 16.5. The minimum absolute atomic E-state index is 0.0834. The number of nitrogens with zero attached hydrogens (tertiary/aromatic N) is 2. The number of amides is 2. The maximum Gasteiger partial charge on any atom is 0.408 e. The van der Waals surface area contributed by atoms with Crippen LogP contribution in [0.3, 0.4) is 0 Å². The van der Waals surface area contributed by atoms with Crippen LogP contribution in [0.25, 0.3) is 10.9 Å². The second-order valence-electron chi connectivity index (χ2n) is 8.18. The Morgan fingerprint density at radius 2 is 1.91 bits per heavy atom. The van der Waals surface area contributed by atoms with Crippen LogP contribution >= 0.6 is 0 Å². The largest absolute Gasteiger partial charge is 0.445 e. The Morgan fingerprint density at radius 1 is 1.14 bits per heavy atom. The highest BCUT2D eigenvalue weighted by molar-refractivity contribution is 5.98. The molecule has 11 heteroatoms. The van der Waals surface area contributed by atoms with Gasteiger partial charge >= 0.3 is 6.09 Å². The lowest BCUT2D eigenvalue weighted by atomic mass is 10.1. The van der Waals surface area contributed by atoms with Crippen LogP contribution in [0.4, 0.5) is 16.4 Å². The van der Waals surface area contributed by atoms with Gasteiger partial charge in [0.25, 0.3) is 5.56 Å². The normalized spacial score (nSPS) is 14.4. The number of nitrogens with one attached hydrogen (secondary N) is 4. The van der Waals surface area contributed by atoms with E-state index in [9.17, 15) is 14.4 Å². The number of fused-ring (bicyclic) bond motifs is 1. The molecule has 1 saturated heterocycles. The van der Waals surface area contributed by atoms with Crippen molar-refractivity contribution in [2.24, 2.45) is 5.73 Å². The molecule has 0 spiro atoms. The molecule has 11 nitrogen and oxygen atoms in total. The smallest absolute Gasteiger partial charge is 0.408 e. The lowest BCUT2D eigenvalue weighted by molar-refractivity contribution is -0.118. The second kappa shape index (κ2) is 11.4. The fourth-order valence-electron chi connectivity index (χ4n) is 3.80. The van der Waals surface area contributed by atoms with E-state index < -0.39 is 18.0 Å². The van der Waals surface area contributed by atoms with Crippen LogP contribution in [-0.4, -0.2) is 60.7 Å². The molecule has 184 valence electrons. The summed E-state index contributed by atoms with van der Waals surface area (Å²) in [6.07, 6.45) is -0.502. The maximum atomic E-state index is 12.8. The Labute approximate surface area is 202 Å². The highest BCUT2D eigenvalue weighted by Crippen LogP contribution is 2.17. The third kappa shape index (κ3) is 6.34. The molecule has 1 aromatic heterocycles. The van der Waals surface area contributed by atoms with E-state index in [1.54, 1.807) is 18.2 Å². The van der Waals surface area contributed by atoms with Gasteiger partial charge in [-0.1, -0.05) is 30.3 Å². The van der Waals surface area contributed by atoms with E-state index in [0.717, 1.165) is 31.7 Å². The lowest BCUT2D eigenvalue weighted by Crippen LogP contribution is -2.45. The molecule has 35 heavy (non-hydrogen) atoms.